The summed E-state index contributed by atoms with van der Waals surface area (Å²) in [7, 11) is 1.27. The van der Waals surface area contributed by atoms with Gasteiger partial charge in [0.2, 0.25) is 0 Å². The van der Waals surface area contributed by atoms with Crippen LogP contribution in [0.2, 0.25) is 0 Å². The normalized spacial score (nSPS) is 10.3. The molecule has 0 bridgehead atoms. The fraction of sp³-hybridized carbons (Fsp3) is 0.500. The third-order valence-corrected chi connectivity index (χ3v) is 2.53. The van der Waals surface area contributed by atoms with E-state index >= 15 is 0 Å². The molecule has 19 heavy (non-hydrogen) atoms. The molecule has 1 aromatic heterocycles. The van der Waals surface area contributed by atoms with Crippen LogP contribution in [0, 0.1) is 0 Å². The SMILES string of the molecule is COC(=O)c1ccc(N(CCC(=O)O)C(C)C)nn1. The van der Waals surface area contributed by atoms with Crippen molar-refractivity contribution in [3.05, 3.63) is 17.8 Å². The minimum Gasteiger partial charge on any atom is -0.481 e. The number of hydrogen-bond acceptors (Lipinski definition) is 6. The zero-order valence-electron chi connectivity index (χ0n) is 11.2. The molecular weight excluding hydrogens is 250 g/mol. The zero-order chi connectivity index (χ0) is 14.4. The molecule has 1 heterocycles. The second kappa shape index (κ2) is 6.67. The van der Waals surface area contributed by atoms with Crippen LogP contribution in [0.4, 0.5) is 5.82 Å². The molecule has 1 aromatic rings. The summed E-state index contributed by atoms with van der Waals surface area (Å²) in [5, 5.41) is 16.4. The highest BCUT2D eigenvalue weighted by Crippen LogP contribution is 2.14. The van der Waals surface area contributed by atoms with Gasteiger partial charge in [0.25, 0.3) is 0 Å². The molecule has 7 nitrogen and oxygen atoms in total. The van der Waals surface area contributed by atoms with Crippen LogP contribution in [0.25, 0.3) is 0 Å². The number of aliphatic carboxylic acids is 1. The third kappa shape index (κ3) is 4.20. The Morgan fingerprint density at radius 2 is 2.05 bits per heavy atom. The van der Waals surface area contributed by atoms with E-state index in [1.165, 1.54) is 13.2 Å². The minimum absolute atomic E-state index is 0.0125. The Bertz CT molecular complexity index is 445. The first-order chi connectivity index (χ1) is 8.95. The van der Waals surface area contributed by atoms with E-state index in [4.69, 9.17) is 5.11 Å². The Hall–Kier alpha value is -2.18. The lowest BCUT2D eigenvalue weighted by Crippen LogP contribution is -2.33. The summed E-state index contributed by atoms with van der Waals surface area (Å²) in [5.74, 6) is -0.894. The van der Waals surface area contributed by atoms with Gasteiger partial charge in [-0.2, -0.15) is 0 Å². The lowest BCUT2D eigenvalue weighted by Gasteiger charge is -2.26. The van der Waals surface area contributed by atoms with Crippen molar-refractivity contribution in [3.8, 4) is 0 Å². The number of carbonyl (C=O) groups excluding carboxylic acids is 1. The lowest BCUT2D eigenvalue weighted by molar-refractivity contribution is -0.136. The standard InChI is InChI=1S/C12H17N3O4/c1-8(2)15(7-6-11(16)17)10-5-4-9(13-14-10)12(18)19-3/h4-5,8H,6-7H2,1-3H3,(H,16,17). The van der Waals surface area contributed by atoms with E-state index in [0.717, 1.165) is 0 Å². The summed E-state index contributed by atoms with van der Waals surface area (Å²) in [6.45, 7) is 4.19. The molecule has 0 aliphatic heterocycles. The molecule has 0 saturated heterocycles. The molecular formula is C12H17N3O4. The van der Waals surface area contributed by atoms with Gasteiger partial charge >= 0.3 is 11.9 Å². The maximum Gasteiger partial charge on any atom is 0.358 e. The molecule has 0 spiro atoms. The molecule has 7 heteroatoms. The summed E-state index contributed by atoms with van der Waals surface area (Å²) in [6.07, 6.45) is 0.0125. The highest BCUT2D eigenvalue weighted by Gasteiger charge is 2.15. The second-order valence-electron chi connectivity index (χ2n) is 4.20. The Balaban J connectivity index is 2.85. The van der Waals surface area contributed by atoms with Gasteiger partial charge in [-0.1, -0.05) is 0 Å². The molecule has 1 N–H and O–H groups in total. The topological polar surface area (TPSA) is 92.6 Å². The van der Waals surface area contributed by atoms with Crippen molar-refractivity contribution >= 4 is 17.8 Å². The maximum absolute atomic E-state index is 11.2. The van der Waals surface area contributed by atoms with Crippen LogP contribution in [0.5, 0.6) is 0 Å². The van der Waals surface area contributed by atoms with Crippen molar-refractivity contribution in [2.45, 2.75) is 26.3 Å². The number of ether oxygens (including phenoxy) is 1. The third-order valence-electron chi connectivity index (χ3n) is 2.53. The highest BCUT2D eigenvalue weighted by atomic mass is 16.5. The number of anilines is 1. The van der Waals surface area contributed by atoms with Gasteiger partial charge in [0, 0.05) is 12.6 Å². The van der Waals surface area contributed by atoms with Crippen LogP contribution >= 0.6 is 0 Å². The van der Waals surface area contributed by atoms with E-state index in [2.05, 4.69) is 14.9 Å². The number of nitrogens with zero attached hydrogens (tertiary/aromatic N) is 3. The van der Waals surface area contributed by atoms with Crippen molar-refractivity contribution < 1.29 is 19.4 Å². The first-order valence-corrected chi connectivity index (χ1v) is 5.86. The van der Waals surface area contributed by atoms with E-state index in [1.54, 1.807) is 6.07 Å². The number of carbonyl (C=O) groups is 2. The fourth-order valence-corrected chi connectivity index (χ4v) is 1.55. The summed E-state index contributed by atoms with van der Waals surface area (Å²) >= 11 is 0. The molecule has 0 radical (unpaired) electrons. The van der Waals surface area contributed by atoms with Crippen molar-refractivity contribution in [1.29, 1.82) is 0 Å². The summed E-state index contributed by atoms with van der Waals surface area (Å²) in [6, 6.07) is 3.21. The molecule has 104 valence electrons. The zero-order valence-corrected chi connectivity index (χ0v) is 11.2. The predicted molar refractivity (Wildman–Crippen MR) is 68.1 cm³/mol. The smallest absolute Gasteiger partial charge is 0.358 e. The molecule has 0 fully saturated rings. The van der Waals surface area contributed by atoms with E-state index in [-0.39, 0.29) is 18.2 Å². The van der Waals surface area contributed by atoms with Crippen LogP contribution in [0.3, 0.4) is 0 Å². The maximum atomic E-state index is 11.2. The Morgan fingerprint density at radius 1 is 1.37 bits per heavy atom. The number of aromatic nitrogens is 2. The summed E-state index contributed by atoms with van der Waals surface area (Å²) in [4.78, 5) is 23.7. The Labute approximate surface area is 111 Å². The summed E-state index contributed by atoms with van der Waals surface area (Å²) < 4.78 is 4.53. The van der Waals surface area contributed by atoms with E-state index < -0.39 is 11.9 Å². The van der Waals surface area contributed by atoms with Crippen LogP contribution in [-0.4, -0.2) is 46.9 Å². The van der Waals surface area contributed by atoms with Crippen molar-refractivity contribution in [2.24, 2.45) is 0 Å². The van der Waals surface area contributed by atoms with Crippen molar-refractivity contribution in [1.82, 2.24) is 10.2 Å². The van der Waals surface area contributed by atoms with Crippen LogP contribution in [0.1, 0.15) is 30.8 Å². The van der Waals surface area contributed by atoms with Gasteiger partial charge < -0.3 is 14.7 Å². The summed E-state index contributed by atoms with van der Waals surface area (Å²) in [5.41, 5.74) is 0.119. The van der Waals surface area contributed by atoms with Gasteiger partial charge in [-0.05, 0) is 26.0 Å². The van der Waals surface area contributed by atoms with Crippen LogP contribution < -0.4 is 4.90 Å². The molecule has 0 aliphatic carbocycles. The number of esters is 1. The van der Waals surface area contributed by atoms with Gasteiger partial charge in [-0.3, -0.25) is 4.79 Å². The highest BCUT2D eigenvalue weighted by molar-refractivity contribution is 5.87. The van der Waals surface area contributed by atoms with Gasteiger partial charge in [0.05, 0.1) is 13.5 Å². The fourth-order valence-electron chi connectivity index (χ4n) is 1.55. The predicted octanol–water partition coefficient (Wildman–Crippen LogP) is 0.953. The van der Waals surface area contributed by atoms with E-state index in [0.29, 0.717) is 12.4 Å². The first-order valence-electron chi connectivity index (χ1n) is 5.86. The molecule has 0 amide bonds. The average molecular weight is 267 g/mol. The van der Waals surface area contributed by atoms with Crippen LogP contribution in [-0.2, 0) is 9.53 Å². The van der Waals surface area contributed by atoms with Crippen LogP contribution in [0.15, 0.2) is 12.1 Å². The number of hydrogen-bond donors (Lipinski definition) is 1. The number of carboxylic acids is 1. The number of methoxy groups -OCH3 is 1. The van der Waals surface area contributed by atoms with E-state index in [9.17, 15) is 9.59 Å². The Kier molecular flexibility index (Phi) is 5.23. The van der Waals surface area contributed by atoms with Crippen molar-refractivity contribution in [2.75, 3.05) is 18.6 Å². The minimum atomic E-state index is -0.871. The largest absolute Gasteiger partial charge is 0.481 e. The van der Waals surface area contributed by atoms with Gasteiger partial charge in [0.15, 0.2) is 11.5 Å². The quantitative estimate of drug-likeness (QED) is 0.767. The monoisotopic (exact) mass is 267 g/mol. The molecule has 0 unspecified atom stereocenters. The first kappa shape index (κ1) is 14.9. The molecule has 0 aromatic carbocycles. The van der Waals surface area contributed by atoms with Gasteiger partial charge in [-0.25, -0.2) is 4.79 Å². The molecule has 0 saturated carbocycles. The Morgan fingerprint density at radius 3 is 2.47 bits per heavy atom. The second-order valence-corrected chi connectivity index (χ2v) is 4.20. The van der Waals surface area contributed by atoms with Gasteiger partial charge in [-0.15, -0.1) is 10.2 Å². The molecule has 0 atom stereocenters. The number of rotatable bonds is 6. The average Bonchev–Trinajstić information content (AvgIpc) is 2.38. The van der Waals surface area contributed by atoms with Gasteiger partial charge in [0.1, 0.15) is 0 Å². The molecule has 0 aliphatic rings. The molecule has 1 rings (SSSR count). The lowest BCUT2D eigenvalue weighted by atomic mass is 10.2. The van der Waals surface area contributed by atoms with E-state index in [1.807, 2.05) is 18.7 Å². The van der Waals surface area contributed by atoms with Crippen molar-refractivity contribution in [3.63, 3.8) is 0 Å². The number of carboxylic acid groups (broad SMARTS) is 1.